The van der Waals surface area contributed by atoms with Crippen LogP contribution in [0.2, 0.25) is 0 Å². The largest absolute Gasteiger partial charge is 1.00 e. The Labute approximate surface area is 280 Å². The van der Waals surface area contributed by atoms with Gasteiger partial charge in [0.15, 0.2) is 0 Å². The molecule has 0 atom stereocenters. The Hall–Kier alpha value is 1.13. The zero-order chi connectivity index (χ0) is 23.4. The third-order valence-corrected chi connectivity index (χ3v) is 6.86. The third-order valence-electron chi connectivity index (χ3n) is 5.28. The van der Waals surface area contributed by atoms with Crippen molar-refractivity contribution in [3.05, 3.63) is 58.7 Å². The van der Waals surface area contributed by atoms with E-state index in [1.807, 2.05) is 13.8 Å². The summed E-state index contributed by atoms with van der Waals surface area (Å²) in [6.07, 6.45) is 0.633. The quantitative estimate of drug-likeness (QED) is 0.228. The molecule has 0 bridgehead atoms. The first-order valence-electron chi connectivity index (χ1n) is 9.71. The van der Waals surface area contributed by atoms with E-state index < -0.39 is 37.2 Å². The Balaban J connectivity index is 0.00000512. The maximum atomic E-state index is 10.8. The van der Waals surface area contributed by atoms with Crippen molar-refractivity contribution in [3.63, 3.8) is 0 Å². The first-order chi connectivity index (χ1) is 14.2. The molecule has 0 aliphatic rings. The van der Waals surface area contributed by atoms with E-state index in [9.17, 15) is 36.2 Å². The number of hydrogen-bond donors (Lipinski definition) is 2. The molecule has 2 aromatic carbocycles. The Morgan fingerprint density at radius 1 is 0.727 bits per heavy atom. The van der Waals surface area contributed by atoms with Crippen LogP contribution in [0, 0.1) is 0 Å². The number of aromatic hydroxyl groups is 2. The van der Waals surface area contributed by atoms with Crippen molar-refractivity contribution in [2.75, 3.05) is 11.5 Å². The monoisotopic (exact) mass is 548 g/mol. The summed E-state index contributed by atoms with van der Waals surface area (Å²) in [4.78, 5) is 0. The average Bonchev–Trinajstić information content (AvgIpc) is 2.62. The van der Waals surface area contributed by atoms with Crippen LogP contribution < -0.4 is 103 Å². The SMILES string of the molecule is CC(C)(c1ccc(O)c(CCCS(=O)(=O)[O-])c1)c1ccc(O)c(CCCS(=O)(=O)[O-])c1.[K+].[K+]. The van der Waals surface area contributed by atoms with Crippen molar-refractivity contribution in [1.29, 1.82) is 0 Å². The molecule has 0 amide bonds. The molecule has 0 aliphatic carbocycles. The molecule has 0 saturated heterocycles. The predicted molar refractivity (Wildman–Crippen MR) is 114 cm³/mol. The van der Waals surface area contributed by atoms with Crippen LogP contribution in [0.4, 0.5) is 0 Å². The van der Waals surface area contributed by atoms with E-state index in [0.717, 1.165) is 11.1 Å². The molecular weight excluding hydrogens is 523 g/mol. The van der Waals surface area contributed by atoms with Gasteiger partial charge in [-0.1, -0.05) is 38.1 Å². The summed E-state index contributed by atoms with van der Waals surface area (Å²) in [6.45, 7) is 3.87. The minimum Gasteiger partial charge on any atom is -0.748 e. The molecule has 0 fully saturated rings. The number of aryl methyl sites for hydroxylation is 2. The first kappa shape index (κ1) is 34.1. The van der Waals surface area contributed by atoms with Gasteiger partial charge >= 0.3 is 103 Å². The molecule has 0 spiro atoms. The van der Waals surface area contributed by atoms with Crippen LogP contribution in [-0.2, 0) is 38.5 Å². The average molecular weight is 549 g/mol. The van der Waals surface area contributed by atoms with Crippen molar-refractivity contribution in [2.24, 2.45) is 0 Å². The van der Waals surface area contributed by atoms with Crippen LogP contribution in [-0.4, -0.2) is 47.7 Å². The molecule has 12 heteroatoms. The summed E-state index contributed by atoms with van der Waals surface area (Å²) < 4.78 is 64.9. The van der Waals surface area contributed by atoms with Gasteiger partial charge in [-0.05, 0) is 60.1 Å². The number of phenols is 2. The van der Waals surface area contributed by atoms with E-state index in [-0.39, 0.29) is 140 Å². The molecule has 172 valence electrons. The van der Waals surface area contributed by atoms with E-state index in [4.69, 9.17) is 0 Å². The van der Waals surface area contributed by atoms with E-state index in [0.29, 0.717) is 11.1 Å². The molecular formula is C21H26K2O8S2. The maximum absolute atomic E-state index is 10.8. The summed E-state index contributed by atoms with van der Waals surface area (Å²) in [6, 6.07) is 10.0. The van der Waals surface area contributed by atoms with Gasteiger partial charge in [-0.25, -0.2) is 16.8 Å². The summed E-state index contributed by atoms with van der Waals surface area (Å²) in [5.74, 6) is -1.01. The van der Waals surface area contributed by atoms with Gasteiger partial charge < -0.3 is 19.3 Å². The molecule has 0 unspecified atom stereocenters. The molecule has 2 N–H and O–H groups in total. The third kappa shape index (κ3) is 11.4. The summed E-state index contributed by atoms with van der Waals surface area (Å²) in [5.41, 5.74) is 2.12. The van der Waals surface area contributed by atoms with Gasteiger partial charge in [0, 0.05) is 16.9 Å². The molecule has 0 saturated carbocycles. The molecule has 0 aromatic heterocycles. The van der Waals surface area contributed by atoms with Crippen molar-refractivity contribution in [2.45, 2.75) is 44.9 Å². The minimum atomic E-state index is -4.33. The Bertz CT molecular complexity index is 1060. The van der Waals surface area contributed by atoms with E-state index in [1.165, 1.54) is 12.1 Å². The second kappa shape index (κ2) is 14.2. The van der Waals surface area contributed by atoms with Crippen LogP contribution in [0.5, 0.6) is 11.5 Å². The second-order valence-corrected chi connectivity index (χ2v) is 11.1. The van der Waals surface area contributed by atoms with Crippen molar-refractivity contribution >= 4 is 20.2 Å². The normalized spacial score (nSPS) is 12.0. The molecule has 33 heavy (non-hydrogen) atoms. The zero-order valence-electron chi connectivity index (χ0n) is 19.4. The van der Waals surface area contributed by atoms with E-state index in [1.54, 1.807) is 24.3 Å². The number of hydrogen-bond acceptors (Lipinski definition) is 8. The van der Waals surface area contributed by atoms with Crippen molar-refractivity contribution in [1.82, 2.24) is 0 Å². The Morgan fingerprint density at radius 3 is 1.36 bits per heavy atom. The fraction of sp³-hybridized carbons (Fsp3) is 0.429. The number of benzene rings is 2. The van der Waals surface area contributed by atoms with Gasteiger partial charge in [0.2, 0.25) is 0 Å². The molecule has 0 aliphatic heterocycles. The first-order valence-corrected chi connectivity index (χ1v) is 12.9. The van der Waals surface area contributed by atoms with E-state index >= 15 is 0 Å². The molecule has 8 nitrogen and oxygen atoms in total. The van der Waals surface area contributed by atoms with E-state index in [2.05, 4.69) is 0 Å². The van der Waals surface area contributed by atoms with Crippen LogP contribution in [0.3, 0.4) is 0 Å². The topological polar surface area (TPSA) is 155 Å². The van der Waals surface area contributed by atoms with Gasteiger partial charge in [-0.2, -0.15) is 0 Å². The zero-order valence-corrected chi connectivity index (χ0v) is 27.2. The van der Waals surface area contributed by atoms with Crippen LogP contribution in [0.1, 0.15) is 48.9 Å². The molecule has 2 rings (SSSR count). The van der Waals surface area contributed by atoms with Gasteiger partial charge in [-0.15, -0.1) is 0 Å². The smallest absolute Gasteiger partial charge is 0.748 e. The van der Waals surface area contributed by atoms with Crippen LogP contribution in [0.15, 0.2) is 36.4 Å². The van der Waals surface area contributed by atoms with Crippen LogP contribution in [0.25, 0.3) is 0 Å². The van der Waals surface area contributed by atoms with Crippen LogP contribution >= 0.6 is 0 Å². The summed E-state index contributed by atoms with van der Waals surface area (Å²) >= 11 is 0. The predicted octanol–water partition coefficient (Wildman–Crippen LogP) is -3.61. The fourth-order valence-electron chi connectivity index (χ4n) is 3.39. The van der Waals surface area contributed by atoms with Crippen molar-refractivity contribution < 1.29 is 139 Å². The summed E-state index contributed by atoms with van der Waals surface area (Å²) in [5, 5.41) is 20.2. The fourth-order valence-corrected chi connectivity index (χ4v) is 4.39. The number of rotatable bonds is 10. The van der Waals surface area contributed by atoms with Gasteiger partial charge in [0.05, 0.1) is 20.2 Å². The standard InChI is InChI=1S/C21H28O8S2.2K/c1-21(2,17-7-9-19(22)15(13-17)5-3-11-30(24,25)26)18-8-10-20(23)16(14-18)6-4-12-31(27,28)29;;/h7-10,13-14,22-23H,3-6,11-12H2,1-2H3,(H,24,25,26)(H,27,28,29);;/q;2*+1/p-2. The Kier molecular flexibility index (Phi) is 14.7. The van der Waals surface area contributed by atoms with Gasteiger partial charge in [0.25, 0.3) is 0 Å². The van der Waals surface area contributed by atoms with Gasteiger partial charge in [0.1, 0.15) is 11.5 Å². The van der Waals surface area contributed by atoms with Crippen molar-refractivity contribution in [3.8, 4) is 11.5 Å². The molecule has 2 aromatic rings. The minimum absolute atomic E-state index is 0. The number of phenolic OH excluding ortho intramolecular Hbond substituents is 2. The Morgan fingerprint density at radius 2 is 1.06 bits per heavy atom. The molecule has 0 radical (unpaired) electrons. The molecule has 0 heterocycles. The van der Waals surface area contributed by atoms with Gasteiger partial charge in [-0.3, -0.25) is 0 Å². The maximum Gasteiger partial charge on any atom is 1.00 e. The summed E-state index contributed by atoms with van der Waals surface area (Å²) in [7, 11) is -8.65. The second-order valence-electron chi connectivity index (χ2n) is 8.04.